The molecule has 0 bridgehead atoms. The highest BCUT2D eigenvalue weighted by atomic mass is 19.1. The molecule has 1 N–H and O–H groups in total. The molecule has 2 aromatic rings. The summed E-state index contributed by atoms with van der Waals surface area (Å²) in [7, 11) is 1.84. The van der Waals surface area contributed by atoms with Crippen LogP contribution in [0.2, 0.25) is 0 Å². The summed E-state index contributed by atoms with van der Waals surface area (Å²) in [6.45, 7) is 4.94. The normalized spacial score (nSPS) is 13.7. The van der Waals surface area contributed by atoms with Gasteiger partial charge in [0.1, 0.15) is 29.7 Å². The van der Waals surface area contributed by atoms with Crippen LogP contribution in [0.25, 0.3) is 0 Å². The molecule has 0 saturated heterocycles. The fraction of sp³-hybridized carbons (Fsp3) is 0.444. The van der Waals surface area contributed by atoms with Crippen molar-refractivity contribution in [3.05, 3.63) is 46.8 Å². The predicted molar refractivity (Wildman–Crippen MR) is 91.7 cm³/mol. The molecule has 0 atom stereocenters. The summed E-state index contributed by atoms with van der Waals surface area (Å²) < 4.78 is 33.9. The molecule has 8 heteroatoms. The second-order valence-electron chi connectivity index (χ2n) is 6.67. The number of halogens is 2. The maximum Gasteiger partial charge on any atom is 0.317 e. The first-order valence-electron chi connectivity index (χ1n) is 8.51. The van der Waals surface area contributed by atoms with Crippen molar-refractivity contribution in [1.29, 1.82) is 0 Å². The number of hydrogen-bond donors (Lipinski definition) is 1. The minimum atomic E-state index is -0.695. The maximum absolute atomic E-state index is 13.3. The molecule has 2 amide bonds. The summed E-state index contributed by atoms with van der Waals surface area (Å²) >= 11 is 0. The lowest BCUT2D eigenvalue weighted by molar-refractivity contribution is 0.188. The van der Waals surface area contributed by atoms with Gasteiger partial charge in [-0.3, -0.25) is 4.68 Å². The number of nitrogens with one attached hydrogen (secondary N) is 1. The zero-order valence-electron chi connectivity index (χ0n) is 15.1. The van der Waals surface area contributed by atoms with Gasteiger partial charge in [-0.2, -0.15) is 5.10 Å². The fourth-order valence-corrected chi connectivity index (χ4v) is 3.06. The van der Waals surface area contributed by atoms with E-state index in [9.17, 15) is 13.6 Å². The zero-order valence-corrected chi connectivity index (χ0v) is 15.1. The number of urea groups is 1. The molecule has 1 aliphatic heterocycles. The molecule has 26 heavy (non-hydrogen) atoms. The van der Waals surface area contributed by atoms with E-state index in [0.29, 0.717) is 25.2 Å². The van der Waals surface area contributed by atoms with E-state index >= 15 is 0 Å². The van der Waals surface area contributed by atoms with Gasteiger partial charge in [0.05, 0.1) is 6.54 Å². The van der Waals surface area contributed by atoms with Crippen molar-refractivity contribution in [2.24, 2.45) is 7.05 Å². The van der Waals surface area contributed by atoms with Crippen molar-refractivity contribution in [3.8, 4) is 5.75 Å². The first kappa shape index (κ1) is 18.2. The van der Waals surface area contributed by atoms with E-state index < -0.39 is 11.6 Å². The van der Waals surface area contributed by atoms with Crippen LogP contribution in [0.5, 0.6) is 5.75 Å². The van der Waals surface area contributed by atoms with E-state index in [4.69, 9.17) is 4.74 Å². The predicted octanol–water partition coefficient (Wildman–Crippen LogP) is 2.75. The monoisotopic (exact) mass is 364 g/mol. The number of benzene rings is 1. The fourth-order valence-electron chi connectivity index (χ4n) is 3.06. The Kier molecular flexibility index (Phi) is 5.11. The van der Waals surface area contributed by atoms with Gasteiger partial charge in [0, 0.05) is 55.5 Å². The Morgan fingerprint density at radius 2 is 2.00 bits per heavy atom. The number of rotatable bonds is 4. The van der Waals surface area contributed by atoms with Crippen LogP contribution < -0.4 is 10.1 Å². The van der Waals surface area contributed by atoms with Crippen molar-refractivity contribution >= 4 is 6.03 Å². The van der Waals surface area contributed by atoms with E-state index in [0.717, 1.165) is 29.5 Å². The van der Waals surface area contributed by atoms with E-state index in [1.165, 1.54) is 0 Å². The van der Waals surface area contributed by atoms with Crippen LogP contribution in [0.1, 0.15) is 30.8 Å². The van der Waals surface area contributed by atoms with Gasteiger partial charge in [-0.05, 0) is 13.8 Å². The smallest absolute Gasteiger partial charge is 0.317 e. The van der Waals surface area contributed by atoms with Gasteiger partial charge in [0.25, 0.3) is 0 Å². The largest absolute Gasteiger partial charge is 0.487 e. The highest BCUT2D eigenvalue weighted by Gasteiger charge is 2.27. The van der Waals surface area contributed by atoms with Crippen LogP contribution in [0, 0.1) is 11.6 Å². The van der Waals surface area contributed by atoms with Crippen molar-refractivity contribution in [1.82, 2.24) is 20.0 Å². The van der Waals surface area contributed by atoms with Gasteiger partial charge in [-0.25, -0.2) is 13.6 Å². The summed E-state index contributed by atoms with van der Waals surface area (Å²) in [5.41, 5.74) is 2.63. The quantitative estimate of drug-likeness (QED) is 0.908. The second-order valence-corrected chi connectivity index (χ2v) is 6.67. The van der Waals surface area contributed by atoms with Crippen molar-refractivity contribution in [2.45, 2.75) is 39.5 Å². The van der Waals surface area contributed by atoms with Gasteiger partial charge in [-0.1, -0.05) is 0 Å². The van der Waals surface area contributed by atoms with Crippen molar-refractivity contribution in [2.75, 3.05) is 6.54 Å². The molecule has 0 fully saturated rings. The molecule has 1 aliphatic rings. The number of hydrogen-bond acceptors (Lipinski definition) is 3. The second kappa shape index (κ2) is 7.31. The average molecular weight is 364 g/mol. The number of ether oxygens (including phenoxy) is 1. The molecular weight excluding hydrogens is 342 g/mol. The lowest BCUT2D eigenvalue weighted by Crippen LogP contribution is -2.45. The average Bonchev–Trinajstić information content (AvgIpc) is 2.87. The lowest BCUT2D eigenvalue weighted by Gasteiger charge is -2.28. The Morgan fingerprint density at radius 3 is 2.65 bits per heavy atom. The Hall–Kier alpha value is -2.64. The number of carbonyl (C=O) groups excluding carboxylic acids is 1. The topological polar surface area (TPSA) is 59.4 Å². The van der Waals surface area contributed by atoms with Gasteiger partial charge in [-0.15, -0.1) is 0 Å². The SMILES string of the molecule is CC(C)NC(=O)N1CCc2c(c(COc3cc(F)cc(F)c3)nn2C)C1. The minimum Gasteiger partial charge on any atom is -0.487 e. The van der Waals surface area contributed by atoms with Gasteiger partial charge < -0.3 is 15.0 Å². The zero-order chi connectivity index (χ0) is 18.8. The molecule has 1 aromatic heterocycles. The molecule has 2 heterocycles. The Labute approximate surface area is 150 Å². The van der Waals surface area contributed by atoms with Crippen molar-refractivity contribution in [3.63, 3.8) is 0 Å². The molecule has 0 unspecified atom stereocenters. The molecule has 0 aliphatic carbocycles. The standard InChI is InChI=1S/C18H22F2N4O2/c1-11(2)21-18(25)24-5-4-17-15(9-24)16(22-23(17)3)10-26-14-7-12(19)6-13(20)8-14/h6-8,11H,4-5,9-10H2,1-3H3,(H,21,25). The van der Waals surface area contributed by atoms with E-state index in [1.54, 1.807) is 9.58 Å². The number of nitrogens with zero attached hydrogens (tertiary/aromatic N) is 3. The summed E-state index contributed by atoms with van der Waals surface area (Å²) in [6, 6.07) is 2.99. The van der Waals surface area contributed by atoms with Crippen LogP contribution in [0.3, 0.4) is 0 Å². The third-order valence-corrected chi connectivity index (χ3v) is 4.24. The van der Waals surface area contributed by atoms with Crippen LogP contribution in [-0.2, 0) is 26.6 Å². The van der Waals surface area contributed by atoms with E-state index in [-0.39, 0.29) is 24.4 Å². The highest BCUT2D eigenvalue weighted by molar-refractivity contribution is 5.74. The molecule has 140 valence electrons. The van der Waals surface area contributed by atoms with Crippen molar-refractivity contribution < 1.29 is 18.3 Å². The third kappa shape index (κ3) is 3.95. The van der Waals surface area contributed by atoms with E-state index in [1.807, 2.05) is 20.9 Å². The van der Waals surface area contributed by atoms with Crippen LogP contribution >= 0.6 is 0 Å². The first-order chi connectivity index (χ1) is 12.3. The molecule has 3 rings (SSSR count). The minimum absolute atomic E-state index is 0.0588. The number of fused-ring (bicyclic) bond motifs is 1. The number of aryl methyl sites for hydroxylation is 1. The molecular formula is C18H22F2N4O2. The third-order valence-electron chi connectivity index (χ3n) is 4.24. The lowest BCUT2D eigenvalue weighted by atomic mass is 10.1. The molecule has 1 aromatic carbocycles. The Balaban J connectivity index is 1.75. The highest BCUT2D eigenvalue weighted by Crippen LogP contribution is 2.24. The summed E-state index contributed by atoms with van der Waals surface area (Å²) in [5, 5.41) is 7.34. The maximum atomic E-state index is 13.3. The molecule has 0 radical (unpaired) electrons. The molecule has 0 spiro atoms. The van der Waals surface area contributed by atoms with Gasteiger partial charge in [0.15, 0.2) is 0 Å². The molecule has 6 nitrogen and oxygen atoms in total. The van der Waals surface area contributed by atoms with Gasteiger partial charge >= 0.3 is 6.03 Å². The van der Waals surface area contributed by atoms with Crippen LogP contribution in [-0.4, -0.2) is 33.3 Å². The van der Waals surface area contributed by atoms with Crippen LogP contribution in [0.4, 0.5) is 13.6 Å². The van der Waals surface area contributed by atoms with Gasteiger partial charge in [0.2, 0.25) is 0 Å². The molecule has 0 saturated carbocycles. The summed E-state index contributed by atoms with van der Waals surface area (Å²) in [5.74, 6) is -1.29. The Morgan fingerprint density at radius 1 is 1.31 bits per heavy atom. The number of aromatic nitrogens is 2. The van der Waals surface area contributed by atoms with E-state index in [2.05, 4.69) is 10.4 Å². The summed E-state index contributed by atoms with van der Waals surface area (Å²) in [4.78, 5) is 14.0. The Bertz CT molecular complexity index is 800. The van der Waals surface area contributed by atoms with Crippen LogP contribution in [0.15, 0.2) is 18.2 Å². The summed E-state index contributed by atoms with van der Waals surface area (Å²) in [6.07, 6.45) is 0.693. The number of amides is 2. The number of carbonyl (C=O) groups is 1. The first-order valence-corrected chi connectivity index (χ1v) is 8.51.